The van der Waals surface area contributed by atoms with Crippen molar-refractivity contribution >= 4 is 0 Å². The van der Waals surface area contributed by atoms with Gasteiger partial charge in [0.25, 0.3) is 0 Å². The third-order valence-corrected chi connectivity index (χ3v) is 4.23. The van der Waals surface area contributed by atoms with Gasteiger partial charge in [0, 0.05) is 13.1 Å². The topological polar surface area (TPSA) is 15.3 Å². The fraction of sp³-hybridized carbons (Fsp3) is 1.00. The van der Waals surface area contributed by atoms with Crippen molar-refractivity contribution in [3.05, 3.63) is 0 Å². The second-order valence-corrected chi connectivity index (χ2v) is 6.16. The predicted molar refractivity (Wildman–Crippen MR) is 81.1 cm³/mol. The molecule has 2 heteroatoms. The summed E-state index contributed by atoms with van der Waals surface area (Å²) in [4.78, 5) is 2.71. The van der Waals surface area contributed by atoms with Gasteiger partial charge in [0.2, 0.25) is 0 Å². The molecule has 1 saturated carbocycles. The minimum absolute atomic E-state index is 0.583. The molecule has 1 N–H and O–H groups in total. The van der Waals surface area contributed by atoms with Crippen LogP contribution in [-0.4, -0.2) is 37.6 Å². The Balaban J connectivity index is 2.48. The van der Waals surface area contributed by atoms with E-state index in [-0.39, 0.29) is 0 Å². The van der Waals surface area contributed by atoms with Gasteiger partial charge in [-0.05, 0) is 57.2 Å². The summed E-state index contributed by atoms with van der Waals surface area (Å²) in [6.07, 6.45) is 9.60. The van der Waals surface area contributed by atoms with Crippen LogP contribution in [0.3, 0.4) is 0 Å². The van der Waals surface area contributed by atoms with Gasteiger partial charge in [0.05, 0.1) is 0 Å². The van der Waals surface area contributed by atoms with Gasteiger partial charge in [0.15, 0.2) is 0 Å². The number of nitrogens with one attached hydrogen (secondary N) is 1. The lowest BCUT2D eigenvalue weighted by Crippen LogP contribution is -2.43. The minimum atomic E-state index is 0.583. The molecular formula is C16H34N2. The maximum atomic E-state index is 3.68. The van der Waals surface area contributed by atoms with Crippen molar-refractivity contribution in [1.29, 1.82) is 0 Å². The van der Waals surface area contributed by atoms with Crippen LogP contribution in [0.15, 0.2) is 0 Å². The smallest absolute Gasteiger partial charge is 0.00501 e. The summed E-state index contributed by atoms with van der Waals surface area (Å²) in [7, 11) is 0. The third kappa shape index (κ3) is 5.27. The quantitative estimate of drug-likeness (QED) is 0.598. The van der Waals surface area contributed by atoms with E-state index < -0.39 is 0 Å². The lowest BCUT2D eigenvalue weighted by Gasteiger charge is -2.35. The average molecular weight is 254 g/mol. The number of rotatable bonds is 10. The van der Waals surface area contributed by atoms with E-state index in [9.17, 15) is 0 Å². The number of hydrogen-bond acceptors (Lipinski definition) is 2. The van der Waals surface area contributed by atoms with Crippen molar-refractivity contribution in [3.8, 4) is 0 Å². The van der Waals surface area contributed by atoms with Crippen LogP contribution in [-0.2, 0) is 0 Å². The summed E-state index contributed by atoms with van der Waals surface area (Å²) in [5, 5.41) is 3.68. The number of nitrogens with zero attached hydrogens (tertiary/aromatic N) is 1. The highest BCUT2D eigenvalue weighted by atomic mass is 15.1. The molecule has 0 atom stereocenters. The molecule has 0 heterocycles. The molecule has 0 aromatic rings. The van der Waals surface area contributed by atoms with Crippen LogP contribution in [0.1, 0.15) is 65.7 Å². The zero-order valence-corrected chi connectivity index (χ0v) is 12.9. The van der Waals surface area contributed by atoms with Gasteiger partial charge < -0.3 is 10.2 Å². The Hall–Kier alpha value is -0.0800. The summed E-state index contributed by atoms with van der Waals surface area (Å²) in [5.74, 6) is 0. The first kappa shape index (κ1) is 16.0. The summed E-state index contributed by atoms with van der Waals surface area (Å²) < 4.78 is 0. The molecule has 0 bridgehead atoms. The lowest BCUT2D eigenvalue weighted by molar-refractivity contribution is 0.148. The first-order valence-corrected chi connectivity index (χ1v) is 8.19. The Bertz CT molecular complexity index is 191. The molecule has 0 aliphatic heterocycles. The maximum absolute atomic E-state index is 3.68. The van der Waals surface area contributed by atoms with Crippen LogP contribution in [0.5, 0.6) is 0 Å². The molecule has 1 fully saturated rings. The molecule has 0 unspecified atom stereocenters. The Morgan fingerprint density at radius 3 is 2.06 bits per heavy atom. The second kappa shape index (κ2) is 8.92. The van der Waals surface area contributed by atoms with E-state index in [2.05, 4.69) is 31.0 Å². The van der Waals surface area contributed by atoms with E-state index in [4.69, 9.17) is 0 Å². The molecule has 0 amide bonds. The van der Waals surface area contributed by atoms with E-state index in [1.54, 1.807) is 0 Å². The van der Waals surface area contributed by atoms with Crippen molar-refractivity contribution in [2.45, 2.75) is 65.7 Å². The first-order chi connectivity index (χ1) is 8.76. The van der Waals surface area contributed by atoms with Crippen molar-refractivity contribution in [3.63, 3.8) is 0 Å². The fourth-order valence-corrected chi connectivity index (χ4v) is 3.42. The van der Waals surface area contributed by atoms with Crippen LogP contribution in [0.2, 0.25) is 0 Å². The van der Waals surface area contributed by atoms with Crippen molar-refractivity contribution < 1.29 is 0 Å². The molecule has 0 spiro atoms. The molecule has 108 valence electrons. The molecule has 1 aliphatic carbocycles. The molecule has 0 aromatic heterocycles. The number of hydrogen-bond donors (Lipinski definition) is 1. The van der Waals surface area contributed by atoms with Crippen LogP contribution in [0.4, 0.5) is 0 Å². The van der Waals surface area contributed by atoms with Crippen molar-refractivity contribution in [2.24, 2.45) is 5.41 Å². The largest absolute Gasteiger partial charge is 0.316 e. The highest BCUT2D eigenvalue weighted by molar-refractivity contribution is 4.89. The molecule has 1 aliphatic rings. The summed E-state index contributed by atoms with van der Waals surface area (Å²) >= 11 is 0. The predicted octanol–water partition coefficient (Wildman–Crippen LogP) is 3.67. The van der Waals surface area contributed by atoms with E-state index in [0.29, 0.717) is 5.41 Å². The van der Waals surface area contributed by atoms with Crippen LogP contribution < -0.4 is 5.32 Å². The van der Waals surface area contributed by atoms with Gasteiger partial charge in [-0.1, -0.05) is 33.6 Å². The van der Waals surface area contributed by atoms with E-state index in [1.807, 2.05) is 0 Å². The normalized spacial score (nSPS) is 18.7. The fourth-order valence-electron chi connectivity index (χ4n) is 3.42. The van der Waals surface area contributed by atoms with Gasteiger partial charge in [-0.3, -0.25) is 0 Å². The van der Waals surface area contributed by atoms with Crippen LogP contribution in [0, 0.1) is 5.41 Å². The lowest BCUT2D eigenvalue weighted by atomic mass is 9.85. The van der Waals surface area contributed by atoms with Crippen molar-refractivity contribution in [1.82, 2.24) is 10.2 Å². The monoisotopic (exact) mass is 254 g/mol. The van der Waals surface area contributed by atoms with Gasteiger partial charge in [0.1, 0.15) is 0 Å². The SMILES string of the molecule is CCCNCC1(CN(CCC)CCC)CCCC1. The zero-order valence-electron chi connectivity index (χ0n) is 12.9. The summed E-state index contributed by atoms with van der Waals surface area (Å²) in [5.41, 5.74) is 0.583. The Morgan fingerprint density at radius 2 is 1.56 bits per heavy atom. The average Bonchev–Trinajstić information content (AvgIpc) is 2.79. The maximum Gasteiger partial charge on any atom is 0.00501 e. The second-order valence-electron chi connectivity index (χ2n) is 6.16. The van der Waals surface area contributed by atoms with Gasteiger partial charge in [-0.15, -0.1) is 0 Å². The first-order valence-electron chi connectivity index (χ1n) is 8.19. The van der Waals surface area contributed by atoms with Crippen LogP contribution >= 0.6 is 0 Å². The van der Waals surface area contributed by atoms with Crippen LogP contribution in [0.25, 0.3) is 0 Å². The molecule has 2 nitrogen and oxygen atoms in total. The molecule has 0 saturated heterocycles. The highest BCUT2D eigenvalue weighted by Gasteiger charge is 2.34. The van der Waals surface area contributed by atoms with E-state index >= 15 is 0 Å². The van der Waals surface area contributed by atoms with Gasteiger partial charge >= 0.3 is 0 Å². The standard InChI is InChI=1S/C16H34N2/c1-4-11-17-14-16(9-7-8-10-16)15-18(12-5-2)13-6-3/h17H,4-15H2,1-3H3. The zero-order chi connectivity index (χ0) is 13.3. The minimum Gasteiger partial charge on any atom is -0.316 e. The Morgan fingerprint density at radius 1 is 0.944 bits per heavy atom. The summed E-state index contributed by atoms with van der Waals surface area (Å²) in [6.45, 7) is 13.2. The van der Waals surface area contributed by atoms with E-state index in [0.717, 1.165) is 0 Å². The Labute approximate surface area is 115 Å². The third-order valence-electron chi connectivity index (χ3n) is 4.23. The highest BCUT2D eigenvalue weighted by Crippen LogP contribution is 2.38. The Kier molecular flexibility index (Phi) is 7.92. The molecule has 0 radical (unpaired) electrons. The molecule has 0 aromatic carbocycles. The van der Waals surface area contributed by atoms with E-state index in [1.165, 1.54) is 77.7 Å². The van der Waals surface area contributed by atoms with Gasteiger partial charge in [-0.2, -0.15) is 0 Å². The molecule has 18 heavy (non-hydrogen) atoms. The van der Waals surface area contributed by atoms with Crippen molar-refractivity contribution in [2.75, 3.05) is 32.7 Å². The summed E-state index contributed by atoms with van der Waals surface area (Å²) in [6, 6.07) is 0. The molecule has 1 rings (SSSR count). The van der Waals surface area contributed by atoms with Gasteiger partial charge in [-0.25, -0.2) is 0 Å². The molecular weight excluding hydrogens is 220 g/mol.